The molecule has 0 atom stereocenters. The van der Waals surface area contributed by atoms with Gasteiger partial charge in [-0.05, 0) is 23.3 Å². The summed E-state index contributed by atoms with van der Waals surface area (Å²) >= 11 is 9.18. The number of benzene rings is 2. The maximum atomic E-state index is 11.8. The molecule has 1 amide bonds. The van der Waals surface area contributed by atoms with Crippen LogP contribution in [0.2, 0.25) is 5.02 Å². The van der Waals surface area contributed by atoms with Crippen LogP contribution in [0.3, 0.4) is 0 Å². The summed E-state index contributed by atoms with van der Waals surface area (Å²) in [7, 11) is 0. The third kappa shape index (κ3) is 7.68. The predicted octanol–water partition coefficient (Wildman–Crippen LogP) is 4.53. The van der Waals surface area contributed by atoms with Gasteiger partial charge in [0.1, 0.15) is 0 Å². The van der Waals surface area contributed by atoms with Crippen molar-refractivity contribution in [3.05, 3.63) is 74.8 Å². The summed E-state index contributed by atoms with van der Waals surface area (Å²) in [6.45, 7) is 0.627. The standard InChI is InChI=1S/C18H19ClN2O3S2/c19-16-3-1-2-15(10-16)12-25-9-8-20-18(22)13-26-11-14-4-6-17(7-5-14)21(23)24/h1-7,10H,8-9,11-13H2,(H,20,22). The fourth-order valence-electron chi connectivity index (χ4n) is 2.11. The minimum Gasteiger partial charge on any atom is -0.355 e. The highest BCUT2D eigenvalue weighted by molar-refractivity contribution is 7.99. The van der Waals surface area contributed by atoms with E-state index in [1.54, 1.807) is 23.9 Å². The molecule has 1 N–H and O–H groups in total. The molecule has 2 rings (SSSR count). The molecule has 0 bridgehead atoms. The van der Waals surface area contributed by atoms with Gasteiger partial charge >= 0.3 is 0 Å². The van der Waals surface area contributed by atoms with E-state index >= 15 is 0 Å². The van der Waals surface area contributed by atoms with Crippen molar-refractivity contribution in [2.45, 2.75) is 11.5 Å². The van der Waals surface area contributed by atoms with E-state index in [1.807, 2.05) is 24.3 Å². The van der Waals surface area contributed by atoms with Gasteiger partial charge in [-0.25, -0.2) is 0 Å². The number of nitrogens with zero attached hydrogens (tertiary/aromatic N) is 1. The van der Waals surface area contributed by atoms with Gasteiger partial charge in [-0.3, -0.25) is 14.9 Å². The van der Waals surface area contributed by atoms with Crippen LogP contribution in [0, 0.1) is 10.1 Å². The van der Waals surface area contributed by atoms with Gasteiger partial charge in [-0.2, -0.15) is 11.8 Å². The molecule has 2 aromatic rings. The summed E-state index contributed by atoms with van der Waals surface area (Å²) in [5.74, 6) is 2.72. The van der Waals surface area contributed by atoms with Gasteiger partial charge in [0.2, 0.25) is 5.91 Å². The van der Waals surface area contributed by atoms with Crippen LogP contribution in [0.4, 0.5) is 5.69 Å². The van der Waals surface area contributed by atoms with Crippen molar-refractivity contribution in [3.63, 3.8) is 0 Å². The SMILES string of the molecule is O=C(CSCc1ccc([N+](=O)[O-])cc1)NCCSCc1cccc(Cl)c1. The minimum absolute atomic E-state index is 0.000247. The second-order valence-corrected chi connectivity index (χ2v) is 7.98. The van der Waals surface area contributed by atoms with Gasteiger partial charge in [-0.15, -0.1) is 11.8 Å². The number of nitro groups is 1. The second kappa shape index (κ2) is 11.1. The van der Waals surface area contributed by atoms with Crippen LogP contribution >= 0.6 is 35.1 Å². The number of carbonyl (C=O) groups is 1. The Labute approximate surface area is 166 Å². The van der Waals surface area contributed by atoms with E-state index in [0.29, 0.717) is 18.1 Å². The van der Waals surface area contributed by atoms with Gasteiger partial charge in [0.15, 0.2) is 0 Å². The van der Waals surface area contributed by atoms with Crippen molar-refractivity contribution in [1.82, 2.24) is 5.32 Å². The van der Waals surface area contributed by atoms with Crippen LogP contribution in [0.5, 0.6) is 0 Å². The van der Waals surface area contributed by atoms with Gasteiger partial charge in [0.05, 0.1) is 10.7 Å². The first-order chi connectivity index (χ1) is 12.5. The molecule has 5 nitrogen and oxygen atoms in total. The molecule has 0 spiro atoms. The number of nitro benzene ring substituents is 1. The lowest BCUT2D eigenvalue weighted by Crippen LogP contribution is -2.27. The molecule has 8 heteroatoms. The van der Waals surface area contributed by atoms with E-state index in [1.165, 1.54) is 29.5 Å². The number of rotatable bonds is 10. The van der Waals surface area contributed by atoms with E-state index in [0.717, 1.165) is 22.1 Å². The van der Waals surface area contributed by atoms with Gasteiger partial charge < -0.3 is 5.32 Å². The van der Waals surface area contributed by atoms with E-state index in [9.17, 15) is 14.9 Å². The number of amides is 1. The van der Waals surface area contributed by atoms with Crippen molar-refractivity contribution < 1.29 is 9.72 Å². The molecule has 0 aliphatic carbocycles. The van der Waals surface area contributed by atoms with Crippen LogP contribution in [0.25, 0.3) is 0 Å². The fourth-order valence-corrected chi connectivity index (χ4v) is 3.94. The highest BCUT2D eigenvalue weighted by atomic mass is 35.5. The maximum absolute atomic E-state index is 11.8. The molecule has 0 aliphatic rings. The monoisotopic (exact) mass is 410 g/mol. The van der Waals surface area contributed by atoms with Crippen molar-refractivity contribution >= 4 is 46.7 Å². The normalized spacial score (nSPS) is 10.5. The molecule has 0 saturated carbocycles. The van der Waals surface area contributed by atoms with Crippen LogP contribution in [-0.2, 0) is 16.3 Å². The maximum Gasteiger partial charge on any atom is 0.269 e. The number of non-ortho nitro benzene ring substituents is 1. The zero-order valence-electron chi connectivity index (χ0n) is 14.0. The Morgan fingerprint density at radius 1 is 1.08 bits per heavy atom. The fraction of sp³-hybridized carbons (Fsp3) is 0.278. The molecule has 0 saturated heterocycles. The largest absolute Gasteiger partial charge is 0.355 e. The average molecular weight is 411 g/mol. The Kier molecular flexibility index (Phi) is 8.80. The number of thioether (sulfide) groups is 2. The molecule has 0 radical (unpaired) electrons. The Balaban J connectivity index is 1.55. The highest BCUT2D eigenvalue weighted by Crippen LogP contribution is 2.17. The first kappa shape index (κ1) is 20.6. The van der Waals surface area contributed by atoms with Crippen molar-refractivity contribution in [2.24, 2.45) is 0 Å². The van der Waals surface area contributed by atoms with Crippen LogP contribution in [-0.4, -0.2) is 28.9 Å². The van der Waals surface area contributed by atoms with Crippen LogP contribution in [0.15, 0.2) is 48.5 Å². The number of halogens is 1. The minimum atomic E-state index is -0.422. The van der Waals surface area contributed by atoms with Crippen molar-refractivity contribution in [2.75, 3.05) is 18.1 Å². The summed E-state index contributed by atoms with van der Waals surface area (Å²) in [6, 6.07) is 14.2. The first-order valence-electron chi connectivity index (χ1n) is 7.94. The Morgan fingerprint density at radius 2 is 1.81 bits per heavy atom. The Hall–Kier alpha value is -1.70. The summed E-state index contributed by atoms with van der Waals surface area (Å²) < 4.78 is 0. The number of hydrogen-bond donors (Lipinski definition) is 1. The number of nitrogens with one attached hydrogen (secondary N) is 1. The lowest BCUT2D eigenvalue weighted by Gasteiger charge is -2.06. The number of carbonyl (C=O) groups excluding carboxylic acids is 1. The lowest BCUT2D eigenvalue weighted by atomic mass is 10.2. The molecular formula is C18H19ClN2O3S2. The molecular weight excluding hydrogens is 392 g/mol. The zero-order valence-corrected chi connectivity index (χ0v) is 16.4. The predicted molar refractivity (Wildman–Crippen MR) is 110 cm³/mol. The quantitative estimate of drug-likeness (QED) is 0.354. The van der Waals surface area contributed by atoms with Crippen molar-refractivity contribution in [1.29, 1.82) is 0 Å². The van der Waals surface area contributed by atoms with Gasteiger partial charge in [0.25, 0.3) is 5.69 Å². The Bertz CT molecular complexity index is 741. The molecule has 26 heavy (non-hydrogen) atoms. The van der Waals surface area contributed by atoms with E-state index in [2.05, 4.69) is 5.32 Å². The lowest BCUT2D eigenvalue weighted by molar-refractivity contribution is -0.384. The van der Waals surface area contributed by atoms with E-state index < -0.39 is 4.92 Å². The third-order valence-corrected chi connectivity index (χ3v) is 5.64. The van der Waals surface area contributed by atoms with Crippen LogP contribution in [0.1, 0.15) is 11.1 Å². The molecule has 2 aromatic carbocycles. The summed E-state index contributed by atoms with van der Waals surface area (Å²) in [5.41, 5.74) is 2.21. The summed E-state index contributed by atoms with van der Waals surface area (Å²) in [6.07, 6.45) is 0. The molecule has 0 fully saturated rings. The topological polar surface area (TPSA) is 72.2 Å². The van der Waals surface area contributed by atoms with Gasteiger partial charge in [0, 0.05) is 41.0 Å². The molecule has 0 unspecified atom stereocenters. The molecule has 0 aromatic heterocycles. The zero-order chi connectivity index (χ0) is 18.8. The number of hydrogen-bond acceptors (Lipinski definition) is 5. The molecule has 0 aliphatic heterocycles. The highest BCUT2D eigenvalue weighted by Gasteiger charge is 2.05. The summed E-state index contributed by atoms with van der Waals surface area (Å²) in [5, 5.41) is 14.2. The van der Waals surface area contributed by atoms with E-state index in [-0.39, 0.29) is 11.6 Å². The van der Waals surface area contributed by atoms with E-state index in [4.69, 9.17) is 11.6 Å². The average Bonchev–Trinajstić information content (AvgIpc) is 2.62. The second-order valence-electron chi connectivity index (χ2n) is 5.45. The Morgan fingerprint density at radius 3 is 2.50 bits per heavy atom. The van der Waals surface area contributed by atoms with Gasteiger partial charge in [-0.1, -0.05) is 35.9 Å². The first-order valence-corrected chi connectivity index (χ1v) is 10.6. The third-order valence-electron chi connectivity index (χ3n) is 3.38. The van der Waals surface area contributed by atoms with Crippen molar-refractivity contribution in [3.8, 4) is 0 Å². The molecule has 0 heterocycles. The van der Waals surface area contributed by atoms with Crippen LogP contribution < -0.4 is 5.32 Å². The summed E-state index contributed by atoms with van der Waals surface area (Å²) in [4.78, 5) is 22.0. The molecule has 138 valence electrons. The smallest absolute Gasteiger partial charge is 0.269 e.